The van der Waals surface area contributed by atoms with Crippen LogP contribution in [-0.4, -0.2) is 48.1 Å². The number of halogens is 4. The van der Waals surface area contributed by atoms with Gasteiger partial charge in [0.15, 0.2) is 0 Å². The molecule has 0 amide bonds. The Hall–Kier alpha value is 0.360. The number of carboxylic acid groups (broad SMARTS) is 2. The summed E-state index contributed by atoms with van der Waals surface area (Å²) in [5.41, 5.74) is -0.836. The average Bonchev–Trinajstić information content (AvgIpc) is 2.57. The maximum atomic E-state index is 10.7. The summed E-state index contributed by atoms with van der Waals surface area (Å²) >= 11 is 21.8. The van der Waals surface area contributed by atoms with Crippen LogP contribution in [0.1, 0.15) is 20.7 Å². The molecule has 0 fully saturated rings. The third-order valence-electron chi connectivity index (χ3n) is 3.02. The number of hydrogen-bond acceptors (Lipinski definition) is 8. The number of carboxylic acids is 2. The van der Waals surface area contributed by atoms with Crippen LogP contribution in [0.5, 0.6) is 0 Å². The SMILES string of the molecule is O=C(O)c1cc(Cl)c(Cl)c(S(=O)(=O)[O-])c1.O=C(O)c1cc(Cl)c(Cl)c(S(=O)(=O)[O-])c1.[Na+].[Na+]. The van der Waals surface area contributed by atoms with E-state index in [4.69, 9.17) is 56.6 Å². The van der Waals surface area contributed by atoms with Crippen LogP contribution in [-0.2, 0) is 20.2 Å². The molecule has 0 saturated heterocycles. The maximum absolute atomic E-state index is 10.7. The number of benzene rings is 2. The van der Waals surface area contributed by atoms with Crippen molar-refractivity contribution in [3.63, 3.8) is 0 Å². The Labute approximate surface area is 245 Å². The fourth-order valence-corrected chi connectivity index (χ4v) is 4.28. The molecule has 0 bridgehead atoms. The van der Waals surface area contributed by atoms with Crippen molar-refractivity contribution in [3.8, 4) is 0 Å². The summed E-state index contributed by atoms with van der Waals surface area (Å²) in [7, 11) is -9.68. The van der Waals surface area contributed by atoms with Gasteiger partial charge >= 0.3 is 71.1 Å². The summed E-state index contributed by atoms with van der Waals surface area (Å²) in [6.07, 6.45) is 0. The van der Waals surface area contributed by atoms with Crippen LogP contribution in [0.3, 0.4) is 0 Å². The van der Waals surface area contributed by atoms with Gasteiger partial charge < -0.3 is 19.3 Å². The van der Waals surface area contributed by atoms with E-state index in [0.717, 1.165) is 12.1 Å². The Kier molecular flexibility index (Phi) is 14.5. The number of rotatable bonds is 4. The standard InChI is InChI=1S/2C7H4Cl2O5S.2Na/c2*8-4-1-3(7(10)11)2-5(6(4)9)15(12,13)14;;/h2*1-2H,(H,10,11)(H,12,13,14);;/q;;2*+1/p-2. The van der Waals surface area contributed by atoms with E-state index in [1.807, 2.05) is 0 Å². The van der Waals surface area contributed by atoms with Gasteiger partial charge in [-0.1, -0.05) is 46.4 Å². The Balaban J connectivity index is 0. The van der Waals surface area contributed by atoms with Crippen molar-refractivity contribution >= 4 is 78.6 Å². The number of aromatic carboxylic acids is 2. The third-order valence-corrected chi connectivity index (χ3v) is 6.57. The summed E-state index contributed by atoms with van der Waals surface area (Å²) in [6, 6.07) is 3.25. The Bertz CT molecular complexity index is 1150. The Morgan fingerprint density at radius 3 is 1.09 bits per heavy atom. The molecular formula is C14H6Cl4Na2O10S2. The van der Waals surface area contributed by atoms with Gasteiger partial charge in [-0.2, -0.15) is 0 Å². The zero-order chi connectivity index (χ0) is 23.6. The average molecular weight is 586 g/mol. The van der Waals surface area contributed by atoms with E-state index in [9.17, 15) is 35.5 Å². The molecule has 2 aromatic carbocycles. The van der Waals surface area contributed by atoms with E-state index >= 15 is 0 Å². The molecule has 164 valence electrons. The van der Waals surface area contributed by atoms with Crippen molar-refractivity contribution < 1.29 is 105 Å². The number of hydrogen-bond donors (Lipinski definition) is 2. The molecule has 0 aromatic heterocycles. The second-order valence-corrected chi connectivity index (χ2v) is 9.33. The molecule has 0 radical (unpaired) electrons. The summed E-state index contributed by atoms with van der Waals surface area (Å²) in [5.74, 6) is -2.81. The summed E-state index contributed by atoms with van der Waals surface area (Å²) < 4.78 is 64.1. The molecule has 0 atom stereocenters. The molecule has 0 heterocycles. The molecule has 2 aromatic rings. The molecule has 18 heteroatoms. The predicted octanol–water partition coefficient (Wildman–Crippen LogP) is -2.80. The first-order chi connectivity index (χ1) is 13.5. The molecule has 10 nitrogen and oxygen atoms in total. The van der Waals surface area contributed by atoms with Crippen LogP contribution in [0.25, 0.3) is 0 Å². The van der Waals surface area contributed by atoms with Crippen molar-refractivity contribution in [2.75, 3.05) is 0 Å². The summed E-state index contributed by atoms with van der Waals surface area (Å²) in [5, 5.41) is 15.6. The topological polar surface area (TPSA) is 189 Å². The van der Waals surface area contributed by atoms with Crippen molar-refractivity contribution in [2.24, 2.45) is 0 Å². The zero-order valence-corrected chi connectivity index (χ0v) is 24.5. The van der Waals surface area contributed by atoms with Gasteiger partial charge in [-0.15, -0.1) is 0 Å². The number of carbonyl (C=O) groups is 2. The molecule has 32 heavy (non-hydrogen) atoms. The van der Waals surface area contributed by atoms with Crippen LogP contribution in [0.4, 0.5) is 0 Å². The van der Waals surface area contributed by atoms with Gasteiger partial charge in [0.05, 0.1) is 41.0 Å². The predicted molar refractivity (Wildman–Crippen MR) is 103 cm³/mol. The van der Waals surface area contributed by atoms with Crippen molar-refractivity contribution in [2.45, 2.75) is 9.79 Å². The quantitative estimate of drug-likeness (QED) is 0.280. The Morgan fingerprint density at radius 2 is 0.906 bits per heavy atom. The van der Waals surface area contributed by atoms with Crippen LogP contribution >= 0.6 is 46.4 Å². The van der Waals surface area contributed by atoms with Gasteiger partial charge in [0.25, 0.3) is 0 Å². The largest absolute Gasteiger partial charge is 1.00 e. The van der Waals surface area contributed by atoms with E-state index in [2.05, 4.69) is 0 Å². The minimum absolute atomic E-state index is 0. The van der Waals surface area contributed by atoms with Gasteiger partial charge in [0, 0.05) is 0 Å². The zero-order valence-electron chi connectivity index (χ0n) is 15.8. The van der Waals surface area contributed by atoms with Crippen molar-refractivity contribution in [3.05, 3.63) is 55.5 Å². The van der Waals surface area contributed by atoms with Gasteiger partial charge in [-0.3, -0.25) is 0 Å². The first-order valence-corrected chi connectivity index (χ1v) is 11.2. The first kappa shape index (κ1) is 34.5. The van der Waals surface area contributed by atoms with E-state index in [1.54, 1.807) is 0 Å². The molecule has 2 N–H and O–H groups in total. The third kappa shape index (κ3) is 9.55. The summed E-state index contributed by atoms with van der Waals surface area (Å²) in [4.78, 5) is 19.4. The van der Waals surface area contributed by atoms with Crippen LogP contribution in [0.15, 0.2) is 34.1 Å². The van der Waals surface area contributed by atoms with Gasteiger partial charge in [0.2, 0.25) is 0 Å². The fraction of sp³-hybridized carbons (Fsp3) is 0. The normalized spacial score (nSPS) is 10.7. The van der Waals surface area contributed by atoms with E-state index < -0.39 is 63.1 Å². The molecule has 0 unspecified atom stereocenters. The van der Waals surface area contributed by atoms with Gasteiger partial charge in [-0.25, -0.2) is 26.4 Å². The molecule has 0 aliphatic rings. The van der Waals surface area contributed by atoms with Crippen LogP contribution < -0.4 is 59.1 Å². The van der Waals surface area contributed by atoms with Gasteiger partial charge in [0.1, 0.15) is 20.2 Å². The fourth-order valence-electron chi connectivity index (χ4n) is 1.74. The molecule has 0 aliphatic carbocycles. The molecule has 2 rings (SSSR count). The van der Waals surface area contributed by atoms with Crippen molar-refractivity contribution in [1.82, 2.24) is 0 Å². The molecular weight excluding hydrogens is 580 g/mol. The van der Waals surface area contributed by atoms with E-state index in [1.165, 1.54) is 0 Å². The second-order valence-electron chi connectivity index (χ2n) is 5.06. The first-order valence-electron chi connectivity index (χ1n) is 6.83. The monoisotopic (exact) mass is 584 g/mol. The van der Waals surface area contributed by atoms with Crippen LogP contribution in [0.2, 0.25) is 20.1 Å². The Morgan fingerprint density at radius 1 is 0.656 bits per heavy atom. The minimum atomic E-state index is -4.84. The molecule has 0 saturated carbocycles. The molecule has 0 aliphatic heterocycles. The maximum Gasteiger partial charge on any atom is 1.00 e. The van der Waals surface area contributed by atoms with E-state index in [0.29, 0.717) is 12.1 Å². The van der Waals surface area contributed by atoms with E-state index in [-0.39, 0.29) is 69.2 Å². The minimum Gasteiger partial charge on any atom is -0.744 e. The van der Waals surface area contributed by atoms with Crippen molar-refractivity contribution in [1.29, 1.82) is 0 Å². The van der Waals surface area contributed by atoms with Crippen LogP contribution in [0, 0.1) is 0 Å². The summed E-state index contributed by atoms with van der Waals surface area (Å²) in [6.45, 7) is 0. The smallest absolute Gasteiger partial charge is 0.744 e. The van der Waals surface area contributed by atoms with Gasteiger partial charge in [-0.05, 0) is 24.3 Å². The molecule has 0 spiro atoms. The second kappa shape index (κ2) is 13.4.